The van der Waals surface area contributed by atoms with Gasteiger partial charge in [-0.25, -0.2) is 0 Å². The van der Waals surface area contributed by atoms with Crippen molar-refractivity contribution >= 4 is 28.3 Å². The molecule has 1 rings (SSSR count). The lowest BCUT2D eigenvalue weighted by Crippen LogP contribution is -2.06. The van der Waals surface area contributed by atoms with Gasteiger partial charge in [-0.1, -0.05) is 0 Å². The van der Waals surface area contributed by atoms with E-state index in [2.05, 4.69) is 0 Å². The average Bonchev–Trinajstić information content (AvgIpc) is 2.29. The molecule has 0 aliphatic carbocycles. The van der Waals surface area contributed by atoms with Crippen LogP contribution in [0.3, 0.4) is 0 Å². The molecule has 0 aromatic carbocycles. The molecule has 1 heterocycles. The van der Waals surface area contributed by atoms with Gasteiger partial charge in [-0.15, -0.1) is 0 Å². The van der Waals surface area contributed by atoms with Crippen LogP contribution in [-0.2, 0) is 4.79 Å². The van der Waals surface area contributed by atoms with Crippen molar-refractivity contribution in [1.29, 1.82) is 0 Å². The van der Waals surface area contributed by atoms with Crippen molar-refractivity contribution in [1.82, 2.24) is 0 Å². The van der Waals surface area contributed by atoms with Crippen LogP contribution < -0.4 is 0 Å². The Labute approximate surface area is 83.1 Å². The predicted molar refractivity (Wildman–Crippen MR) is 55.7 cm³/mol. The van der Waals surface area contributed by atoms with Crippen molar-refractivity contribution < 1.29 is 19.0 Å². The summed E-state index contributed by atoms with van der Waals surface area (Å²) in [4.78, 5) is 10.2. The number of aliphatic carboxylic acids is 1. The molecule has 13 heavy (non-hydrogen) atoms. The summed E-state index contributed by atoms with van der Waals surface area (Å²) in [6, 6.07) is 0. The maximum atomic E-state index is 10.2. The van der Waals surface area contributed by atoms with Crippen molar-refractivity contribution in [2.24, 2.45) is 0 Å². The number of carboxylic acid groups (broad SMARTS) is 1. The Hall–Kier alpha value is 0.0900. The van der Waals surface area contributed by atoms with Gasteiger partial charge in [0.1, 0.15) is 0 Å². The average molecular weight is 226 g/mol. The second-order valence-corrected chi connectivity index (χ2v) is 6.85. The predicted octanol–water partition coefficient (Wildman–Crippen LogP) is 1.72. The molecule has 1 aliphatic heterocycles. The Morgan fingerprint density at radius 2 is 2.23 bits per heavy atom. The van der Waals surface area contributed by atoms with E-state index in [1.807, 2.05) is 0 Å². The minimum Gasteiger partial charge on any atom is -0.481 e. The van der Waals surface area contributed by atoms with Crippen LogP contribution in [0.25, 0.3) is 0 Å². The largest absolute Gasteiger partial charge is 0.481 e. The molecule has 1 unspecified atom stereocenters. The maximum absolute atomic E-state index is 10.2. The first kappa shape index (κ1) is 11.2. The SMILES string of the molecule is O=C(O)CCSC1CCS(O)(O)C1. The summed E-state index contributed by atoms with van der Waals surface area (Å²) < 4.78 is 18.6. The fourth-order valence-electron chi connectivity index (χ4n) is 1.23. The second kappa shape index (κ2) is 4.54. The first-order chi connectivity index (χ1) is 5.99. The summed E-state index contributed by atoms with van der Waals surface area (Å²) in [5, 5.41) is 8.62. The van der Waals surface area contributed by atoms with Crippen molar-refractivity contribution in [3.63, 3.8) is 0 Å². The summed E-state index contributed by atoms with van der Waals surface area (Å²) in [6.07, 6.45) is 0.951. The lowest BCUT2D eigenvalue weighted by molar-refractivity contribution is -0.136. The third kappa shape index (κ3) is 4.21. The third-order valence-corrected chi connectivity index (χ3v) is 5.24. The van der Waals surface area contributed by atoms with Crippen molar-refractivity contribution in [3.05, 3.63) is 0 Å². The monoisotopic (exact) mass is 226 g/mol. The normalized spacial score (nSPS) is 28.6. The van der Waals surface area contributed by atoms with E-state index in [0.29, 0.717) is 17.3 Å². The van der Waals surface area contributed by atoms with Crippen LogP contribution in [0, 0.1) is 0 Å². The van der Waals surface area contributed by atoms with Crippen molar-refractivity contribution in [3.8, 4) is 0 Å². The van der Waals surface area contributed by atoms with Crippen LogP contribution in [0.2, 0.25) is 0 Å². The molecule has 3 N–H and O–H groups in total. The first-order valence-electron chi connectivity index (χ1n) is 4.06. The Bertz CT molecular complexity index is 195. The molecule has 0 aromatic heterocycles. The minimum atomic E-state index is -2.31. The maximum Gasteiger partial charge on any atom is 0.304 e. The molecule has 1 fully saturated rings. The Kier molecular flexibility index (Phi) is 3.90. The van der Waals surface area contributed by atoms with Crippen LogP contribution in [-0.4, -0.2) is 42.7 Å². The highest BCUT2D eigenvalue weighted by atomic mass is 32.3. The molecule has 0 radical (unpaired) electrons. The molecule has 78 valence electrons. The van der Waals surface area contributed by atoms with Gasteiger partial charge in [0.25, 0.3) is 0 Å². The highest BCUT2D eigenvalue weighted by Gasteiger charge is 2.28. The first-order valence-corrected chi connectivity index (χ1v) is 7.00. The molecule has 0 amide bonds. The Morgan fingerprint density at radius 1 is 1.54 bits per heavy atom. The van der Waals surface area contributed by atoms with Crippen LogP contribution in [0.4, 0.5) is 0 Å². The zero-order valence-electron chi connectivity index (χ0n) is 7.18. The van der Waals surface area contributed by atoms with Crippen molar-refractivity contribution in [2.75, 3.05) is 17.3 Å². The molecule has 6 heteroatoms. The van der Waals surface area contributed by atoms with E-state index >= 15 is 0 Å². The fraction of sp³-hybridized carbons (Fsp3) is 0.857. The molecule has 0 bridgehead atoms. The van der Waals surface area contributed by atoms with E-state index in [1.54, 1.807) is 0 Å². The van der Waals surface area contributed by atoms with Gasteiger partial charge < -0.3 is 5.11 Å². The minimum absolute atomic E-state index is 0.153. The van der Waals surface area contributed by atoms with Gasteiger partial charge in [-0.05, 0) is 6.42 Å². The number of carbonyl (C=O) groups is 1. The van der Waals surface area contributed by atoms with Crippen LogP contribution >= 0.6 is 22.4 Å². The molecule has 1 atom stereocenters. The smallest absolute Gasteiger partial charge is 0.304 e. The topological polar surface area (TPSA) is 77.8 Å². The summed E-state index contributed by atoms with van der Waals surface area (Å²) in [5.74, 6) is 0.696. The van der Waals surface area contributed by atoms with Gasteiger partial charge >= 0.3 is 5.97 Å². The van der Waals surface area contributed by atoms with E-state index in [4.69, 9.17) is 5.11 Å². The number of hydrogen-bond acceptors (Lipinski definition) is 4. The van der Waals surface area contributed by atoms with Gasteiger partial charge in [0.2, 0.25) is 0 Å². The molecule has 0 aromatic rings. The van der Waals surface area contributed by atoms with Gasteiger partial charge in [-0.3, -0.25) is 13.9 Å². The van der Waals surface area contributed by atoms with Crippen LogP contribution in [0.1, 0.15) is 12.8 Å². The zero-order chi connectivity index (χ0) is 9.90. The highest BCUT2D eigenvalue weighted by molar-refractivity contribution is 8.25. The second-order valence-electron chi connectivity index (χ2n) is 3.10. The number of thioether (sulfide) groups is 1. The summed E-state index contributed by atoms with van der Waals surface area (Å²) >= 11 is 1.53. The molecular weight excluding hydrogens is 212 g/mol. The zero-order valence-corrected chi connectivity index (χ0v) is 8.81. The van der Waals surface area contributed by atoms with Crippen molar-refractivity contribution in [2.45, 2.75) is 18.1 Å². The number of carboxylic acids is 1. The van der Waals surface area contributed by atoms with Gasteiger partial charge in [0.15, 0.2) is 0 Å². The fourth-order valence-corrected chi connectivity index (χ4v) is 4.92. The third-order valence-electron chi connectivity index (χ3n) is 1.89. The number of rotatable bonds is 4. The van der Waals surface area contributed by atoms with E-state index in [-0.39, 0.29) is 11.7 Å². The lowest BCUT2D eigenvalue weighted by atomic mass is 10.4. The molecule has 1 aliphatic rings. The molecule has 0 spiro atoms. The standard InChI is InChI=1S/C7H14O4S2/c8-7(9)1-3-12-6-2-4-13(10,11)5-6/h6,10-11H,1-5H2,(H,8,9). The molecule has 0 saturated carbocycles. The van der Waals surface area contributed by atoms with Gasteiger partial charge in [0, 0.05) is 22.5 Å². The van der Waals surface area contributed by atoms with Crippen LogP contribution in [0.15, 0.2) is 0 Å². The highest BCUT2D eigenvalue weighted by Crippen LogP contribution is 2.49. The summed E-state index contributed by atoms with van der Waals surface area (Å²) in [6.45, 7) is 0. The quantitative estimate of drug-likeness (QED) is 0.680. The number of hydrogen-bond donors (Lipinski definition) is 3. The van der Waals surface area contributed by atoms with E-state index < -0.39 is 16.6 Å². The lowest BCUT2D eigenvalue weighted by Gasteiger charge is -2.25. The van der Waals surface area contributed by atoms with E-state index in [1.165, 1.54) is 11.8 Å². The van der Waals surface area contributed by atoms with Gasteiger partial charge in [0.05, 0.1) is 6.42 Å². The summed E-state index contributed by atoms with van der Waals surface area (Å²) in [5.41, 5.74) is 0. The Balaban J connectivity index is 2.14. The van der Waals surface area contributed by atoms with E-state index in [9.17, 15) is 13.9 Å². The van der Waals surface area contributed by atoms with Gasteiger partial charge in [-0.2, -0.15) is 22.4 Å². The van der Waals surface area contributed by atoms with E-state index in [0.717, 1.165) is 6.42 Å². The van der Waals surface area contributed by atoms with Crippen LogP contribution in [0.5, 0.6) is 0 Å². The molecule has 1 saturated heterocycles. The molecule has 4 nitrogen and oxygen atoms in total. The molecular formula is C7H14O4S2. The summed E-state index contributed by atoms with van der Waals surface area (Å²) in [7, 11) is -2.31. The Morgan fingerprint density at radius 3 is 2.69 bits per heavy atom.